The van der Waals surface area contributed by atoms with Crippen LogP contribution in [0.1, 0.15) is 16.8 Å². The van der Waals surface area contributed by atoms with Crippen molar-refractivity contribution in [2.45, 2.75) is 19.9 Å². The predicted octanol–water partition coefficient (Wildman–Crippen LogP) is 1.54. The van der Waals surface area contributed by atoms with Crippen LogP contribution in [0.15, 0.2) is 42.9 Å². The molecule has 0 bridgehead atoms. The molecule has 3 aromatic rings. The second-order valence-corrected chi connectivity index (χ2v) is 7.71. The van der Waals surface area contributed by atoms with E-state index in [4.69, 9.17) is 5.73 Å². The molecule has 2 aromatic heterocycles. The first-order chi connectivity index (χ1) is 14.5. The van der Waals surface area contributed by atoms with Crippen molar-refractivity contribution in [2.75, 3.05) is 31.1 Å². The van der Waals surface area contributed by atoms with Crippen LogP contribution in [0.4, 0.5) is 5.82 Å². The summed E-state index contributed by atoms with van der Waals surface area (Å²) < 4.78 is 1.92. The third kappa shape index (κ3) is 4.33. The average Bonchev–Trinajstić information content (AvgIpc) is 3.07. The Kier molecular flexibility index (Phi) is 5.76. The fourth-order valence-corrected chi connectivity index (χ4v) is 3.81. The summed E-state index contributed by atoms with van der Waals surface area (Å²) >= 11 is 0. The van der Waals surface area contributed by atoms with Crippen LogP contribution in [0, 0.1) is 6.92 Å². The van der Waals surface area contributed by atoms with Gasteiger partial charge in [0, 0.05) is 69.0 Å². The molecule has 156 valence electrons. The number of hydrogen-bond acceptors (Lipinski definition) is 6. The Balaban J connectivity index is 1.45. The maximum absolute atomic E-state index is 11.1. The molecule has 1 aliphatic rings. The van der Waals surface area contributed by atoms with Crippen LogP contribution in [0.3, 0.4) is 0 Å². The number of rotatable bonds is 6. The van der Waals surface area contributed by atoms with Gasteiger partial charge < -0.3 is 10.6 Å². The smallest absolute Gasteiger partial charge is 0.221 e. The van der Waals surface area contributed by atoms with Gasteiger partial charge >= 0.3 is 0 Å². The molecule has 0 unspecified atom stereocenters. The maximum atomic E-state index is 11.1. The summed E-state index contributed by atoms with van der Waals surface area (Å²) in [5.74, 6) is 0.569. The Bertz CT molecular complexity index is 1020. The molecular weight excluding hydrogens is 378 g/mol. The lowest BCUT2D eigenvalue weighted by atomic mass is 10.1. The molecule has 8 nitrogen and oxygen atoms in total. The van der Waals surface area contributed by atoms with Crippen molar-refractivity contribution < 1.29 is 4.79 Å². The highest BCUT2D eigenvalue weighted by Gasteiger charge is 2.22. The first-order valence-electron chi connectivity index (χ1n) is 10.1. The van der Waals surface area contributed by atoms with Gasteiger partial charge in [0.15, 0.2) is 5.82 Å². The van der Waals surface area contributed by atoms with Gasteiger partial charge in [-0.25, -0.2) is 4.98 Å². The number of primary amides is 1. The minimum atomic E-state index is -0.331. The van der Waals surface area contributed by atoms with E-state index in [0.717, 1.165) is 55.4 Å². The van der Waals surface area contributed by atoms with Crippen LogP contribution >= 0.6 is 0 Å². The number of anilines is 1. The Morgan fingerprint density at radius 1 is 1.07 bits per heavy atom. The highest BCUT2D eigenvalue weighted by molar-refractivity contribution is 5.77. The SMILES string of the molecule is Cc1c(CN2CCN(c3nccnc3-c3ccc(CC(N)=O)cc3)CC2)cnn1C. The van der Waals surface area contributed by atoms with Crippen LogP contribution in [0.2, 0.25) is 0 Å². The summed E-state index contributed by atoms with van der Waals surface area (Å²) in [5.41, 5.74) is 10.5. The number of amides is 1. The van der Waals surface area contributed by atoms with Gasteiger partial charge in [-0.2, -0.15) is 5.10 Å². The van der Waals surface area contributed by atoms with Crippen LogP contribution in [0.5, 0.6) is 0 Å². The largest absolute Gasteiger partial charge is 0.369 e. The highest BCUT2D eigenvalue weighted by Crippen LogP contribution is 2.28. The van der Waals surface area contributed by atoms with Gasteiger partial charge in [0.2, 0.25) is 5.91 Å². The van der Waals surface area contributed by atoms with E-state index in [2.05, 4.69) is 31.8 Å². The van der Waals surface area contributed by atoms with Gasteiger partial charge in [-0.1, -0.05) is 24.3 Å². The van der Waals surface area contributed by atoms with Crippen molar-refractivity contribution in [1.82, 2.24) is 24.6 Å². The monoisotopic (exact) mass is 405 g/mol. The number of aryl methyl sites for hydroxylation is 1. The van der Waals surface area contributed by atoms with E-state index in [0.29, 0.717) is 0 Å². The van der Waals surface area contributed by atoms with Crippen molar-refractivity contribution in [1.29, 1.82) is 0 Å². The molecule has 30 heavy (non-hydrogen) atoms. The second kappa shape index (κ2) is 8.62. The molecule has 0 aliphatic carbocycles. The second-order valence-electron chi connectivity index (χ2n) is 7.71. The molecular formula is C22H27N7O. The molecule has 1 fully saturated rings. The average molecular weight is 406 g/mol. The molecule has 0 atom stereocenters. The van der Waals surface area contributed by atoms with E-state index in [1.807, 2.05) is 42.2 Å². The van der Waals surface area contributed by atoms with E-state index >= 15 is 0 Å². The number of nitrogens with two attached hydrogens (primary N) is 1. The fourth-order valence-electron chi connectivity index (χ4n) is 3.81. The Labute approximate surface area is 176 Å². The van der Waals surface area contributed by atoms with E-state index in [9.17, 15) is 4.79 Å². The fraction of sp³-hybridized carbons (Fsp3) is 0.364. The third-order valence-electron chi connectivity index (χ3n) is 5.69. The predicted molar refractivity (Wildman–Crippen MR) is 116 cm³/mol. The molecule has 3 heterocycles. The zero-order chi connectivity index (χ0) is 21.1. The summed E-state index contributed by atoms with van der Waals surface area (Å²) in [6.07, 6.45) is 5.67. The van der Waals surface area contributed by atoms with Crippen molar-refractivity contribution in [3.8, 4) is 11.3 Å². The lowest BCUT2D eigenvalue weighted by Gasteiger charge is -2.35. The first-order valence-corrected chi connectivity index (χ1v) is 10.1. The molecule has 0 saturated carbocycles. The molecule has 8 heteroatoms. The molecule has 1 aromatic carbocycles. The van der Waals surface area contributed by atoms with Gasteiger partial charge in [0.1, 0.15) is 5.69 Å². The summed E-state index contributed by atoms with van der Waals surface area (Å²) in [6, 6.07) is 7.81. The minimum Gasteiger partial charge on any atom is -0.369 e. The number of nitrogens with zero attached hydrogens (tertiary/aromatic N) is 6. The van der Waals surface area contributed by atoms with Gasteiger partial charge in [-0.15, -0.1) is 0 Å². The van der Waals surface area contributed by atoms with Crippen molar-refractivity contribution in [3.05, 3.63) is 59.7 Å². The number of piperazine rings is 1. The van der Waals surface area contributed by atoms with Crippen LogP contribution in [-0.4, -0.2) is 56.7 Å². The zero-order valence-corrected chi connectivity index (χ0v) is 17.5. The Morgan fingerprint density at radius 2 is 1.77 bits per heavy atom. The van der Waals surface area contributed by atoms with Crippen LogP contribution in [-0.2, 0) is 24.8 Å². The zero-order valence-electron chi connectivity index (χ0n) is 17.5. The van der Waals surface area contributed by atoms with Gasteiger partial charge in [-0.3, -0.25) is 19.4 Å². The van der Waals surface area contributed by atoms with Gasteiger partial charge in [0.25, 0.3) is 0 Å². The molecule has 0 radical (unpaired) electrons. The van der Waals surface area contributed by atoms with Crippen molar-refractivity contribution in [3.63, 3.8) is 0 Å². The molecule has 0 spiro atoms. The highest BCUT2D eigenvalue weighted by atomic mass is 16.1. The quantitative estimate of drug-likeness (QED) is 0.669. The number of carbonyl (C=O) groups is 1. The number of aromatic nitrogens is 4. The number of benzene rings is 1. The summed E-state index contributed by atoms with van der Waals surface area (Å²) in [7, 11) is 1.98. The molecule has 1 aliphatic heterocycles. The van der Waals surface area contributed by atoms with E-state index < -0.39 is 0 Å². The Hall–Kier alpha value is -3.26. The third-order valence-corrected chi connectivity index (χ3v) is 5.69. The molecule has 1 saturated heterocycles. The van der Waals surface area contributed by atoms with Gasteiger partial charge in [0.05, 0.1) is 12.6 Å². The van der Waals surface area contributed by atoms with Crippen LogP contribution in [0.25, 0.3) is 11.3 Å². The topological polar surface area (TPSA) is 93.2 Å². The molecule has 2 N–H and O–H groups in total. The summed E-state index contributed by atoms with van der Waals surface area (Å²) in [5, 5.41) is 4.35. The minimum absolute atomic E-state index is 0.242. The van der Waals surface area contributed by atoms with Crippen molar-refractivity contribution in [2.24, 2.45) is 12.8 Å². The van der Waals surface area contributed by atoms with E-state index in [1.165, 1.54) is 11.3 Å². The van der Waals surface area contributed by atoms with Gasteiger partial charge in [-0.05, 0) is 12.5 Å². The van der Waals surface area contributed by atoms with E-state index in [-0.39, 0.29) is 12.3 Å². The molecule has 4 rings (SSSR count). The first kappa shape index (κ1) is 20.0. The lowest BCUT2D eigenvalue weighted by molar-refractivity contribution is -0.117. The summed E-state index contributed by atoms with van der Waals surface area (Å²) in [6.45, 7) is 6.74. The normalized spacial score (nSPS) is 14.8. The van der Waals surface area contributed by atoms with E-state index in [1.54, 1.807) is 12.4 Å². The lowest BCUT2D eigenvalue weighted by Crippen LogP contribution is -2.46. The summed E-state index contributed by atoms with van der Waals surface area (Å²) in [4.78, 5) is 25.1. The van der Waals surface area contributed by atoms with Crippen molar-refractivity contribution >= 4 is 11.7 Å². The number of carbonyl (C=O) groups excluding carboxylic acids is 1. The molecule has 1 amide bonds. The van der Waals surface area contributed by atoms with Crippen LogP contribution < -0.4 is 10.6 Å². The maximum Gasteiger partial charge on any atom is 0.221 e. The Morgan fingerprint density at radius 3 is 2.40 bits per heavy atom. The number of hydrogen-bond donors (Lipinski definition) is 1. The standard InChI is InChI=1S/C22H27N7O/c1-16-19(14-26-27(16)2)15-28-9-11-29(12-10-28)22-21(24-7-8-25-22)18-5-3-17(4-6-18)13-20(23)30/h3-8,14H,9-13,15H2,1-2H3,(H2,23,30).